The van der Waals surface area contributed by atoms with Gasteiger partial charge in [-0.3, -0.25) is 0 Å². The Hall–Kier alpha value is -1.04. The molecule has 0 spiro atoms. The standard InChI is InChI=1S/C30H47O4PS2/c1-27(2,3)21-13-19(14-22(25(21)31)28(4,5)6)17-33-35(36,37)34-18-20-15-23(29(7,8)9)26(32)24(16-20)30(10,11)12/h13-16,31-32H,17-18H2,1-12H3,(H,36,37). The maximum Gasteiger partial charge on any atom is 0.244 e. The fourth-order valence-corrected chi connectivity index (χ4v) is 5.55. The van der Waals surface area contributed by atoms with Gasteiger partial charge in [-0.2, -0.15) is 0 Å². The van der Waals surface area contributed by atoms with Gasteiger partial charge in [0.2, 0.25) is 5.69 Å². The summed E-state index contributed by atoms with van der Waals surface area (Å²) in [6, 6.07) is 7.94. The van der Waals surface area contributed by atoms with Crippen molar-refractivity contribution in [2.45, 2.75) is 118 Å². The van der Waals surface area contributed by atoms with Crippen molar-refractivity contribution in [2.75, 3.05) is 0 Å². The molecule has 0 aromatic heterocycles. The third-order valence-electron chi connectivity index (χ3n) is 6.36. The van der Waals surface area contributed by atoms with E-state index in [1.807, 2.05) is 24.3 Å². The van der Waals surface area contributed by atoms with Gasteiger partial charge >= 0.3 is 0 Å². The van der Waals surface area contributed by atoms with Crippen molar-refractivity contribution in [2.24, 2.45) is 0 Å². The van der Waals surface area contributed by atoms with Crippen molar-refractivity contribution in [1.29, 1.82) is 0 Å². The van der Waals surface area contributed by atoms with Crippen LogP contribution in [0, 0.1) is 0 Å². The first-order valence-corrected chi connectivity index (χ1v) is 16.6. The number of benzene rings is 2. The highest BCUT2D eigenvalue weighted by atomic mass is 32.9. The van der Waals surface area contributed by atoms with E-state index in [0.29, 0.717) is 11.5 Å². The molecule has 0 amide bonds. The molecule has 4 nitrogen and oxygen atoms in total. The lowest BCUT2D eigenvalue weighted by molar-refractivity contribution is 0.245. The van der Waals surface area contributed by atoms with Crippen LogP contribution in [0.2, 0.25) is 0 Å². The van der Waals surface area contributed by atoms with Crippen LogP contribution in [0.1, 0.15) is 116 Å². The van der Waals surface area contributed by atoms with Gasteiger partial charge in [0, 0.05) is 0 Å². The zero-order chi connectivity index (χ0) is 28.8. The Bertz CT molecular complexity index is 1020. The molecule has 0 fully saturated rings. The molecule has 0 aliphatic carbocycles. The van der Waals surface area contributed by atoms with Crippen LogP contribution in [0.5, 0.6) is 11.5 Å². The minimum absolute atomic E-state index is 0.230. The van der Waals surface area contributed by atoms with E-state index in [0.717, 1.165) is 33.4 Å². The second-order valence-corrected chi connectivity index (χ2v) is 19.4. The van der Waals surface area contributed by atoms with Crippen LogP contribution >= 0.6 is 17.9 Å². The number of hydrogen-bond acceptors (Lipinski definition) is 5. The zero-order valence-corrected chi connectivity index (χ0v) is 27.3. The van der Waals surface area contributed by atoms with E-state index in [1.165, 1.54) is 0 Å². The Morgan fingerprint density at radius 3 is 1.00 bits per heavy atom. The molecule has 37 heavy (non-hydrogen) atoms. The number of thiol groups is 1. The third-order valence-corrected chi connectivity index (χ3v) is 8.60. The summed E-state index contributed by atoms with van der Waals surface area (Å²) in [5.74, 6) is 0.670. The van der Waals surface area contributed by atoms with Crippen LogP contribution in [-0.4, -0.2) is 10.2 Å². The smallest absolute Gasteiger partial charge is 0.244 e. The lowest BCUT2D eigenvalue weighted by atomic mass is 9.78. The van der Waals surface area contributed by atoms with Crippen LogP contribution < -0.4 is 0 Å². The normalized spacial score (nSPS) is 13.8. The molecule has 2 N–H and O–H groups in total. The number of aromatic hydroxyl groups is 2. The second-order valence-electron chi connectivity index (χ2n) is 14.1. The van der Waals surface area contributed by atoms with E-state index >= 15 is 0 Å². The maximum absolute atomic E-state index is 11.0. The summed E-state index contributed by atoms with van der Waals surface area (Å²) in [6.07, 6.45) is 0. The summed E-state index contributed by atoms with van der Waals surface area (Å²) < 4.78 is 12.1. The molecule has 0 atom stereocenters. The monoisotopic (exact) mass is 566 g/mol. The Kier molecular flexibility index (Phi) is 9.43. The third kappa shape index (κ3) is 8.47. The molecule has 0 saturated heterocycles. The Morgan fingerprint density at radius 2 is 0.811 bits per heavy atom. The molecule has 2 aromatic carbocycles. The molecule has 0 aliphatic heterocycles. The van der Waals surface area contributed by atoms with Crippen LogP contribution in [0.3, 0.4) is 0 Å². The van der Waals surface area contributed by atoms with E-state index < -0.39 is 5.69 Å². The Labute approximate surface area is 235 Å². The van der Waals surface area contributed by atoms with Crippen LogP contribution in [0.4, 0.5) is 0 Å². The lowest BCUT2D eigenvalue weighted by Crippen LogP contribution is -2.18. The second kappa shape index (κ2) is 10.8. The largest absolute Gasteiger partial charge is 0.507 e. The van der Waals surface area contributed by atoms with Gasteiger partial charge in [-0.25, -0.2) is 0 Å². The van der Waals surface area contributed by atoms with Crippen molar-refractivity contribution in [3.63, 3.8) is 0 Å². The van der Waals surface area contributed by atoms with Crippen LogP contribution in [0.25, 0.3) is 0 Å². The van der Waals surface area contributed by atoms with Crippen molar-refractivity contribution in [3.8, 4) is 11.5 Å². The molecule has 0 aliphatic rings. The molecule has 2 rings (SSSR count). The molecular weight excluding hydrogens is 519 g/mol. The predicted octanol–water partition coefficient (Wildman–Crippen LogP) is 9.18. The first kappa shape index (κ1) is 32.2. The number of hydrogen-bond donors (Lipinski definition) is 3. The quantitative estimate of drug-likeness (QED) is 0.240. The summed E-state index contributed by atoms with van der Waals surface area (Å²) in [5, 5.41) is 22.0. The van der Waals surface area contributed by atoms with E-state index in [-0.39, 0.29) is 34.9 Å². The SMILES string of the molecule is CC(C)(C)c1cc(COP(=S)(S)OCc2cc(C(C)(C)C)c(O)c(C(C)(C)C)c2)cc(C(C)(C)C)c1O. The van der Waals surface area contributed by atoms with Gasteiger partial charge in [-0.05, 0) is 91.1 Å². The minimum atomic E-state index is -2.87. The molecular formula is C30H47O4PS2. The first-order chi connectivity index (χ1) is 16.4. The number of phenols is 2. The van der Waals surface area contributed by atoms with Crippen molar-refractivity contribution < 1.29 is 19.3 Å². The summed E-state index contributed by atoms with van der Waals surface area (Å²) in [4.78, 5) is 0. The highest BCUT2D eigenvalue weighted by molar-refractivity contribution is 8.60. The molecule has 0 saturated carbocycles. The van der Waals surface area contributed by atoms with Gasteiger partial charge < -0.3 is 19.3 Å². The summed E-state index contributed by atoms with van der Waals surface area (Å²) >= 11 is 10.3. The fraction of sp³-hybridized carbons (Fsp3) is 0.600. The van der Waals surface area contributed by atoms with Crippen molar-refractivity contribution >= 4 is 29.7 Å². The highest BCUT2D eigenvalue weighted by Gasteiger charge is 2.28. The minimum Gasteiger partial charge on any atom is -0.507 e. The molecule has 2 aromatic rings. The van der Waals surface area contributed by atoms with E-state index in [1.54, 1.807) is 0 Å². The number of phenolic OH excluding ortho intramolecular Hbond substituents is 2. The van der Waals surface area contributed by atoms with E-state index in [4.69, 9.17) is 20.9 Å². The lowest BCUT2D eigenvalue weighted by Gasteiger charge is -2.29. The Balaban J connectivity index is 2.31. The topological polar surface area (TPSA) is 58.9 Å². The van der Waals surface area contributed by atoms with E-state index in [2.05, 4.69) is 95.3 Å². The van der Waals surface area contributed by atoms with Crippen molar-refractivity contribution in [1.82, 2.24) is 0 Å². The van der Waals surface area contributed by atoms with E-state index in [9.17, 15) is 10.2 Å². The molecule has 0 bridgehead atoms. The summed E-state index contributed by atoms with van der Waals surface area (Å²) in [6.45, 7) is 25.5. The molecule has 0 radical (unpaired) electrons. The van der Waals surface area contributed by atoms with Gasteiger partial charge in [-0.15, -0.1) is 0 Å². The molecule has 0 unspecified atom stereocenters. The number of rotatable bonds is 6. The molecule has 208 valence electrons. The zero-order valence-electron chi connectivity index (χ0n) is 24.7. The highest BCUT2D eigenvalue weighted by Crippen LogP contribution is 2.55. The van der Waals surface area contributed by atoms with Gasteiger partial charge in [0.05, 0.1) is 13.2 Å². The van der Waals surface area contributed by atoms with Crippen LogP contribution in [-0.2, 0) is 55.7 Å². The summed E-state index contributed by atoms with van der Waals surface area (Å²) in [5.41, 5.74) is 1.56. The fourth-order valence-electron chi connectivity index (χ4n) is 4.19. The van der Waals surface area contributed by atoms with Crippen molar-refractivity contribution in [3.05, 3.63) is 57.6 Å². The average molecular weight is 567 g/mol. The van der Waals surface area contributed by atoms with Gasteiger partial charge in [-0.1, -0.05) is 95.3 Å². The average Bonchev–Trinajstić information content (AvgIpc) is 2.68. The Morgan fingerprint density at radius 1 is 0.595 bits per heavy atom. The van der Waals surface area contributed by atoms with Gasteiger partial charge in [0.1, 0.15) is 11.5 Å². The molecule has 0 heterocycles. The van der Waals surface area contributed by atoms with Gasteiger partial charge in [0.15, 0.2) is 0 Å². The van der Waals surface area contributed by atoms with Crippen LogP contribution in [0.15, 0.2) is 24.3 Å². The predicted molar refractivity (Wildman–Crippen MR) is 164 cm³/mol. The molecule has 7 heteroatoms. The van der Waals surface area contributed by atoms with Gasteiger partial charge in [0.25, 0.3) is 0 Å². The maximum atomic E-state index is 11.0. The first-order valence-electron chi connectivity index (χ1n) is 12.8. The summed E-state index contributed by atoms with van der Waals surface area (Å²) in [7, 11) is 0.